The van der Waals surface area contributed by atoms with Gasteiger partial charge in [-0.25, -0.2) is 10.4 Å². The largest absolute Gasteiger partial charge is 0.474 e. The highest BCUT2D eigenvalue weighted by molar-refractivity contribution is 5.82. The summed E-state index contributed by atoms with van der Waals surface area (Å²) in [4.78, 5) is 16.7. The highest BCUT2D eigenvalue weighted by Crippen LogP contribution is 2.35. The molecule has 6 heteroatoms. The maximum absolute atomic E-state index is 12.4. The second kappa shape index (κ2) is 7.07. The van der Waals surface area contributed by atoms with Crippen molar-refractivity contribution in [1.82, 2.24) is 21.2 Å². The number of ether oxygens (including phenoxy) is 1. The standard InChI is InChI=1S/C18H26N4O2/c23-17(16-10-15(21-22-16)12-7-8-12)20-11-13-4-3-9-19-18(13)24-14-5-1-2-6-14/h3-4,9,12,14-16,21-22H,1-2,5-8,10-11H2,(H,20,23). The molecule has 3 fully saturated rings. The summed E-state index contributed by atoms with van der Waals surface area (Å²) in [5, 5.41) is 3.02. The van der Waals surface area contributed by atoms with Crippen LogP contribution in [-0.2, 0) is 11.3 Å². The van der Waals surface area contributed by atoms with Gasteiger partial charge in [0.1, 0.15) is 12.1 Å². The number of hydrazine groups is 1. The number of hydrogen-bond donors (Lipinski definition) is 3. The smallest absolute Gasteiger partial charge is 0.238 e. The summed E-state index contributed by atoms with van der Waals surface area (Å²) < 4.78 is 6.03. The van der Waals surface area contributed by atoms with Crippen molar-refractivity contribution in [3.05, 3.63) is 23.9 Å². The molecule has 1 amide bonds. The first-order chi connectivity index (χ1) is 11.8. The highest BCUT2D eigenvalue weighted by Gasteiger charge is 2.38. The van der Waals surface area contributed by atoms with E-state index in [1.807, 2.05) is 12.1 Å². The Bertz CT molecular complexity index is 584. The molecule has 1 aromatic heterocycles. The van der Waals surface area contributed by atoms with Gasteiger partial charge in [-0.15, -0.1) is 0 Å². The monoisotopic (exact) mass is 330 g/mol. The predicted molar refractivity (Wildman–Crippen MR) is 90.2 cm³/mol. The Labute approximate surface area is 142 Å². The van der Waals surface area contributed by atoms with Crippen LogP contribution in [0.1, 0.15) is 50.5 Å². The summed E-state index contributed by atoms with van der Waals surface area (Å²) in [5.74, 6) is 1.46. The minimum atomic E-state index is -0.147. The zero-order chi connectivity index (χ0) is 16.4. The van der Waals surface area contributed by atoms with Crippen LogP contribution in [-0.4, -0.2) is 29.1 Å². The molecule has 0 spiro atoms. The van der Waals surface area contributed by atoms with E-state index in [9.17, 15) is 4.79 Å². The summed E-state index contributed by atoms with van der Waals surface area (Å²) in [5.41, 5.74) is 7.33. The molecule has 3 N–H and O–H groups in total. The molecule has 2 heterocycles. The molecule has 2 aliphatic carbocycles. The van der Waals surface area contributed by atoms with E-state index in [4.69, 9.17) is 4.74 Å². The van der Waals surface area contributed by atoms with Gasteiger partial charge < -0.3 is 10.1 Å². The molecule has 1 aromatic rings. The topological polar surface area (TPSA) is 75.3 Å². The third-order valence-corrected chi connectivity index (χ3v) is 5.32. The van der Waals surface area contributed by atoms with Crippen LogP contribution in [0, 0.1) is 5.92 Å². The molecule has 24 heavy (non-hydrogen) atoms. The number of aromatic nitrogens is 1. The number of nitrogens with zero attached hydrogens (tertiary/aromatic N) is 1. The number of pyridine rings is 1. The average molecular weight is 330 g/mol. The summed E-state index contributed by atoms with van der Waals surface area (Å²) in [7, 11) is 0. The number of carbonyl (C=O) groups excluding carboxylic acids is 1. The summed E-state index contributed by atoms with van der Waals surface area (Å²) >= 11 is 0. The Balaban J connectivity index is 1.31. The molecule has 2 atom stereocenters. The Morgan fingerprint density at radius 3 is 2.88 bits per heavy atom. The van der Waals surface area contributed by atoms with E-state index in [0.29, 0.717) is 18.5 Å². The molecule has 6 nitrogen and oxygen atoms in total. The van der Waals surface area contributed by atoms with Gasteiger partial charge in [-0.2, -0.15) is 0 Å². The maximum Gasteiger partial charge on any atom is 0.238 e. The van der Waals surface area contributed by atoms with Crippen LogP contribution >= 0.6 is 0 Å². The van der Waals surface area contributed by atoms with Crippen LogP contribution in [0.4, 0.5) is 0 Å². The third-order valence-electron chi connectivity index (χ3n) is 5.32. The van der Waals surface area contributed by atoms with E-state index in [1.165, 1.54) is 25.7 Å². The second-order valence-electron chi connectivity index (χ2n) is 7.23. The van der Waals surface area contributed by atoms with Gasteiger partial charge in [0.25, 0.3) is 0 Å². The molecule has 130 valence electrons. The molecule has 1 saturated heterocycles. The third kappa shape index (κ3) is 3.70. The lowest BCUT2D eigenvalue weighted by Gasteiger charge is -2.16. The fourth-order valence-corrected chi connectivity index (χ4v) is 3.70. The van der Waals surface area contributed by atoms with Crippen molar-refractivity contribution in [2.24, 2.45) is 5.92 Å². The molecule has 2 saturated carbocycles. The Morgan fingerprint density at radius 2 is 2.08 bits per heavy atom. The lowest BCUT2D eigenvalue weighted by atomic mass is 10.1. The quantitative estimate of drug-likeness (QED) is 0.740. The van der Waals surface area contributed by atoms with Crippen LogP contribution < -0.4 is 20.9 Å². The van der Waals surface area contributed by atoms with Crippen molar-refractivity contribution < 1.29 is 9.53 Å². The van der Waals surface area contributed by atoms with Crippen molar-refractivity contribution in [2.45, 2.75) is 69.7 Å². The number of rotatable bonds is 6. The van der Waals surface area contributed by atoms with Gasteiger partial charge in [-0.3, -0.25) is 10.2 Å². The minimum Gasteiger partial charge on any atom is -0.474 e. The first kappa shape index (κ1) is 15.8. The van der Waals surface area contributed by atoms with Crippen LogP contribution in [0.25, 0.3) is 0 Å². The molecular weight excluding hydrogens is 304 g/mol. The van der Waals surface area contributed by atoms with E-state index in [1.54, 1.807) is 6.20 Å². The number of hydrogen-bond acceptors (Lipinski definition) is 5. The molecule has 2 unspecified atom stereocenters. The summed E-state index contributed by atoms with van der Waals surface area (Å²) in [6.45, 7) is 0.459. The van der Waals surface area contributed by atoms with Gasteiger partial charge in [0.05, 0.1) is 0 Å². The summed E-state index contributed by atoms with van der Waals surface area (Å²) in [6.07, 6.45) is 10.1. The van der Waals surface area contributed by atoms with E-state index in [0.717, 1.165) is 30.7 Å². The lowest BCUT2D eigenvalue weighted by Crippen LogP contribution is -2.43. The number of nitrogens with one attached hydrogen (secondary N) is 3. The molecule has 0 aromatic carbocycles. The molecule has 0 radical (unpaired) electrons. The van der Waals surface area contributed by atoms with Gasteiger partial charge >= 0.3 is 0 Å². The van der Waals surface area contributed by atoms with Gasteiger partial charge in [0.2, 0.25) is 11.8 Å². The Kier molecular flexibility index (Phi) is 4.67. The van der Waals surface area contributed by atoms with E-state index < -0.39 is 0 Å². The molecule has 1 aliphatic heterocycles. The minimum absolute atomic E-state index is 0.0429. The molecule has 4 rings (SSSR count). The highest BCUT2D eigenvalue weighted by atomic mass is 16.5. The van der Waals surface area contributed by atoms with Crippen LogP contribution in [0.15, 0.2) is 18.3 Å². The van der Waals surface area contributed by atoms with Crippen molar-refractivity contribution >= 4 is 5.91 Å². The maximum atomic E-state index is 12.4. The van der Waals surface area contributed by atoms with Gasteiger partial charge in [-0.1, -0.05) is 6.07 Å². The number of carbonyl (C=O) groups is 1. The number of amides is 1. The van der Waals surface area contributed by atoms with E-state index in [-0.39, 0.29) is 18.1 Å². The first-order valence-corrected chi connectivity index (χ1v) is 9.19. The molecular formula is C18H26N4O2. The molecule has 0 bridgehead atoms. The van der Waals surface area contributed by atoms with Crippen molar-refractivity contribution in [1.29, 1.82) is 0 Å². The molecule has 3 aliphatic rings. The lowest BCUT2D eigenvalue weighted by molar-refractivity contribution is -0.123. The second-order valence-corrected chi connectivity index (χ2v) is 7.23. The summed E-state index contributed by atoms with van der Waals surface area (Å²) in [6, 6.07) is 4.17. The fraction of sp³-hybridized carbons (Fsp3) is 0.667. The first-order valence-electron chi connectivity index (χ1n) is 9.19. The Hall–Kier alpha value is -1.66. The van der Waals surface area contributed by atoms with Crippen LogP contribution in [0.5, 0.6) is 5.88 Å². The van der Waals surface area contributed by atoms with Gasteiger partial charge in [0, 0.05) is 24.3 Å². The van der Waals surface area contributed by atoms with Gasteiger partial charge in [0.15, 0.2) is 0 Å². The zero-order valence-electron chi connectivity index (χ0n) is 14.0. The van der Waals surface area contributed by atoms with E-state index in [2.05, 4.69) is 21.2 Å². The fourth-order valence-electron chi connectivity index (χ4n) is 3.70. The zero-order valence-corrected chi connectivity index (χ0v) is 14.0. The predicted octanol–water partition coefficient (Wildman–Crippen LogP) is 1.66. The van der Waals surface area contributed by atoms with Crippen molar-refractivity contribution in [3.63, 3.8) is 0 Å². The SMILES string of the molecule is O=C(NCc1cccnc1OC1CCCC1)C1CC(C2CC2)NN1. The van der Waals surface area contributed by atoms with Crippen LogP contribution in [0.2, 0.25) is 0 Å². The van der Waals surface area contributed by atoms with Gasteiger partial charge in [-0.05, 0) is 56.9 Å². The average Bonchev–Trinajstić information content (AvgIpc) is 3.11. The van der Waals surface area contributed by atoms with Crippen LogP contribution in [0.3, 0.4) is 0 Å². The van der Waals surface area contributed by atoms with Crippen molar-refractivity contribution in [2.75, 3.05) is 0 Å². The normalized spacial score (nSPS) is 27.3. The van der Waals surface area contributed by atoms with E-state index >= 15 is 0 Å². The van der Waals surface area contributed by atoms with Crippen molar-refractivity contribution in [3.8, 4) is 5.88 Å². The Morgan fingerprint density at radius 1 is 1.25 bits per heavy atom.